The highest BCUT2D eigenvalue weighted by atomic mass is 16.3. The first-order valence-corrected chi connectivity index (χ1v) is 7.88. The molecule has 1 aliphatic rings. The summed E-state index contributed by atoms with van der Waals surface area (Å²) >= 11 is 0. The molecule has 4 rings (SSSR count). The summed E-state index contributed by atoms with van der Waals surface area (Å²) in [5.74, 6) is 0.767. The molecule has 2 heterocycles. The molecule has 1 atom stereocenters. The van der Waals surface area contributed by atoms with Gasteiger partial charge in [0, 0.05) is 18.7 Å². The number of hydrogen-bond acceptors (Lipinski definition) is 3. The summed E-state index contributed by atoms with van der Waals surface area (Å²) < 4.78 is 5.56. The van der Waals surface area contributed by atoms with Crippen molar-refractivity contribution < 1.29 is 9.21 Å². The zero-order valence-corrected chi connectivity index (χ0v) is 13.2. The van der Waals surface area contributed by atoms with Gasteiger partial charge >= 0.3 is 0 Å². The average molecular weight is 306 g/mol. The highest BCUT2D eigenvalue weighted by Crippen LogP contribution is 2.32. The average Bonchev–Trinajstić information content (AvgIpc) is 3.04. The second-order valence-electron chi connectivity index (χ2n) is 6.16. The number of nitrogens with zero attached hydrogens (tertiary/aromatic N) is 2. The van der Waals surface area contributed by atoms with E-state index in [2.05, 4.69) is 18.0 Å². The van der Waals surface area contributed by atoms with Crippen molar-refractivity contribution in [2.75, 3.05) is 4.90 Å². The number of carbonyl (C=O) groups excluding carboxylic acids is 1. The van der Waals surface area contributed by atoms with Crippen LogP contribution in [0.2, 0.25) is 0 Å². The molecule has 1 amide bonds. The van der Waals surface area contributed by atoms with Gasteiger partial charge in [0.15, 0.2) is 11.5 Å². The van der Waals surface area contributed by atoms with Crippen molar-refractivity contribution in [1.29, 1.82) is 0 Å². The number of fused-ring (bicyclic) bond motifs is 2. The van der Waals surface area contributed by atoms with Crippen LogP contribution in [0.1, 0.15) is 23.9 Å². The predicted molar refractivity (Wildman–Crippen MR) is 89.5 cm³/mol. The summed E-state index contributed by atoms with van der Waals surface area (Å²) in [4.78, 5) is 19.0. The van der Waals surface area contributed by atoms with E-state index in [9.17, 15) is 4.79 Å². The Kier molecular flexibility index (Phi) is 3.18. The van der Waals surface area contributed by atoms with Gasteiger partial charge < -0.3 is 9.32 Å². The van der Waals surface area contributed by atoms with Crippen LogP contribution in [-0.4, -0.2) is 16.9 Å². The molecule has 0 radical (unpaired) electrons. The van der Waals surface area contributed by atoms with Crippen LogP contribution in [0.4, 0.5) is 5.69 Å². The molecule has 0 saturated heterocycles. The van der Waals surface area contributed by atoms with Gasteiger partial charge in [0.25, 0.3) is 0 Å². The molecule has 1 unspecified atom stereocenters. The van der Waals surface area contributed by atoms with E-state index in [0.29, 0.717) is 12.3 Å². The van der Waals surface area contributed by atoms with E-state index < -0.39 is 0 Å². The van der Waals surface area contributed by atoms with E-state index in [1.165, 1.54) is 5.56 Å². The highest BCUT2D eigenvalue weighted by molar-refractivity contribution is 5.97. The lowest BCUT2D eigenvalue weighted by atomic mass is 10.1. The largest absolute Gasteiger partial charge is 0.441 e. The van der Waals surface area contributed by atoms with E-state index in [1.807, 2.05) is 48.2 Å². The number of benzene rings is 2. The van der Waals surface area contributed by atoms with Gasteiger partial charge in [-0.25, -0.2) is 4.98 Å². The number of aryl methyl sites for hydroxylation is 1. The maximum atomic E-state index is 12.8. The fourth-order valence-electron chi connectivity index (χ4n) is 3.40. The molecule has 1 aliphatic heterocycles. The maximum Gasteiger partial charge on any atom is 0.231 e. The van der Waals surface area contributed by atoms with Crippen LogP contribution in [0.15, 0.2) is 46.9 Å². The smallest absolute Gasteiger partial charge is 0.231 e. The number of para-hydroxylation sites is 1. The predicted octanol–water partition coefficient (Wildman–Crippen LogP) is 3.66. The molecule has 0 N–H and O–H groups in total. The minimum Gasteiger partial charge on any atom is -0.441 e. The summed E-state index contributed by atoms with van der Waals surface area (Å²) in [7, 11) is 0. The van der Waals surface area contributed by atoms with Gasteiger partial charge in [-0.15, -0.1) is 0 Å². The third-order valence-corrected chi connectivity index (χ3v) is 4.39. The maximum absolute atomic E-state index is 12.8. The fourth-order valence-corrected chi connectivity index (χ4v) is 3.40. The summed E-state index contributed by atoms with van der Waals surface area (Å²) in [6.45, 7) is 3.93. The summed E-state index contributed by atoms with van der Waals surface area (Å²) in [5.41, 5.74) is 4.81. The summed E-state index contributed by atoms with van der Waals surface area (Å²) in [6.07, 6.45) is 1.29. The summed E-state index contributed by atoms with van der Waals surface area (Å²) in [6, 6.07) is 14.1. The Bertz CT molecular complexity index is 897. The van der Waals surface area contributed by atoms with Gasteiger partial charge in [-0.1, -0.05) is 24.3 Å². The first-order chi connectivity index (χ1) is 11.1. The second kappa shape index (κ2) is 5.23. The molecule has 0 saturated carbocycles. The number of amides is 1. The third kappa shape index (κ3) is 2.40. The van der Waals surface area contributed by atoms with E-state index in [0.717, 1.165) is 28.8 Å². The Morgan fingerprint density at radius 2 is 2.13 bits per heavy atom. The first-order valence-electron chi connectivity index (χ1n) is 7.88. The lowest BCUT2D eigenvalue weighted by molar-refractivity contribution is -0.118. The van der Waals surface area contributed by atoms with E-state index in [4.69, 9.17) is 4.42 Å². The second-order valence-corrected chi connectivity index (χ2v) is 6.16. The molecule has 0 bridgehead atoms. The first kappa shape index (κ1) is 14.0. The monoisotopic (exact) mass is 306 g/mol. The molecule has 3 aromatic rings. The van der Waals surface area contributed by atoms with Crippen LogP contribution >= 0.6 is 0 Å². The Balaban J connectivity index is 1.61. The Labute approximate surface area is 134 Å². The molecule has 0 spiro atoms. The van der Waals surface area contributed by atoms with Crippen LogP contribution < -0.4 is 4.90 Å². The zero-order valence-electron chi connectivity index (χ0n) is 13.2. The van der Waals surface area contributed by atoms with Crippen LogP contribution in [0.3, 0.4) is 0 Å². The van der Waals surface area contributed by atoms with Crippen molar-refractivity contribution >= 4 is 22.7 Å². The van der Waals surface area contributed by atoms with Gasteiger partial charge in [-0.05, 0) is 42.7 Å². The molecule has 4 heteroatoms. The molecule has 0 fully saturated rings. The van der Waals surface area contributed by atoms with Gasteiger partial charge in [0.05, 0.1) is 6.42 Å². The van der Waals surface area contributed by atoms with Crippen molar-refractivity contribution in [2.24, 2.45) is 0 Å². The number of rotatable bonds is 2. The van der Waals surface area contributed by atoms with Crippen LogP contribution in [0.25, 0.3) is 11.1 Å². The van der Waals surface area contributed by atoms with Gasteiger partial charge in [0.2, 0.25) is 5.91 Å². The van der Waals surface area contributed by atoms with E-state index >= 15 is 0 Å². The molecule has 1 aromatic heterocycles. The standard InChI is InChI=1S/C19H18N2O2/c1-12-9-15-5-3-4-6-17(15)21(12)19(22)11-14-7-8-16-18(10-14)23-13(2)20-16/h3-8,10,12H,9,11H2,1-2H3. The van der Waals surface area contributed by atoms with Crippen molar-refractivity contribution in [3.8, 4) is 0 Å². The topological polar surface area (TPSA) is 46.3 Å². The molecule has 4 nitrogen and oxygen atoms in total. The van der Waals surface area contributed by atoms with Gasteiger partial charge in [-0.2, -0.15) is 0 Å². The minimum atomic E-state index is 0.123. The molecule has 116 valence electrons. The lowest BCUT2D eigenvalue weighted by Gasteiger charge is -2.22. The van der Waals surface area contributed by atoms with Crippen molar-refractivity contribution in [3.63, 3.8) is 0 Å². The molecular weight excluding hydrogens is 288 g/mol. The zero-order chi connectivity index (χ0) is 16.0. The Morgan fingerprint density at radius 3 is 3.00 bits per heavy atom. The quantitative estimate of drug-likeness (QED) is 0.726. The Morgan fingerprint density at radius 1 is 1.30 bits per heavy atom. The molecular formula is C19H18N2O2. The molecule has 0 aliphatic carbocycles. The number of aromatic nitrogens is 1. The number of anilines is 1. The highest BCUT2D eigenvalue weighted by Gasteiger charge is 2.30. The van der Waals surface area contributed by atoms with Crippen LogP contribution in [-0.2, 0) is 17.6 Å². The number of carbonyl (C=O) groups is 1. The fraction of sp³-hybridized carbons (Fsp3) is 0.263. The van der Waals surface area contributed by atoms with Crippen LogP contribution in [0, 0.1) is 6.92 Å². The molecule has 23 heavy (non-hydrogen) atoms. The third-order valence-electron chi connectivity index (χ3n) is 4.39. The van der Waals surface area contributed by atoms with Crippen molar-refractivity contribution in [2.45, 2.75) is 32.7 Å². The number of hydrogen-bond donors (Lipinski definition) is 0. The SMILES string of the molecule is Cc1nc2ccc(CC(=O)N3c4ccccc4CC3C)cc2o1. The van der Waals surface area contributed by atoms with Gasteiger partial charge in [-0.3, -0.25) is 4.79 Å². The Hall–Kier alpha value is -2.62. The lowest BCUT2D eigenvalue weighted by Crippen LogP contribution is -2.36. The van der Waals surface area contributed by atoms with E-state index in [-0.39, 0.29) is 11.9 Å². The molecule has 2 aromatic carbocycles. The van der Waals surface area contributed by atoms with Crippen molar-refractivity contribution in [3.05, 3.63) is 59.5 Å². The minimum absolute atomic E-state index is 0.123. The van der Waals surface area contributed by atoms with E-state index in [1.54, 1.807) is 0 Å². The van der Waals surface area contributed by atoms with Crippen molar-refractivity contribution in [1.82, 2.24) is 4.98 Å². The summed E-state index contributed by atoms with van der Waals surface area (Å²) in [5, 5.41) is 0. The number of oxazole rings is 1. The van der Waals surface area contributed by atoms with Gasteiger partial charge in [0.1, 0.15) is 5.52 Å². The van der Waals surface area contributed by atoms with Crippen LogP contribution in [0.5, 0.6) is 0 Å². The normalized spacial score (nSPS) is 16.8.